The lowest BCUT2D eigenvalue weighted by Gasteiger charge is -2.18. The summed E-state index contributed by atoms with van der Waals surface area (Å²) in [5, 5.41) is 21.9. The molecule has 3 heterocycles. The zero-order valence-electron chi connectivity index (χ0n) is 17.4. The van der Waals surface area contributed by atoms with E-state index in [1.54, 1.807) is 4.68 Å². The van der Waals surface area contributed by atoms with Crippen LogP contribution in [0, 0.1) is 0 Å². The SMILES string of the molecule is C[NH+](Cc1ccccc1)Cc1cn([C@H]2CO[C@H]3[C@@H]2OC[C@@H]3NC(=O)CCC(=O)[O-])nn1. The molecule has 5 atom stereocenters. The van der Waals surface area contributed by atoms with Crippen LogP contribution in [-0.2, 0) is 32.2 Å². The van der Waals surface area contributed by atoms with Crippen molar-refractivity contribution < 1.29 is 29.1 Å². The molecule has 2 N–H and O–H groups in total. The van der Waals surface area contributed by atoms with Gasteiger partial charge in [-0.15, -0.1) is 5.10 Å². The third kappa shape index (κ3) is 5.27. The largest absolute Gasteiger partial charge is 0.550 e. The van der Waals surface area contributed by atoms with Gasteiger partial charge in [0, 0.05) is 18.0 Å². The topological polar surface area (TPSA) is 123 Å². The summed E-state index contributed by atoms with van der Waals surface area (Å²) >= 11 is 0. The van der Waals surface area contributed by atoms with Crippen molar-refractivity contribution in [3.05, 3.63) is 47.8 Å². The highest BCUT2D eigenvalue weighted by Gasteiger charge is 2.49. The smallest absolute Gasteiger partial charge is 0.220 e. The predicted octanol–water partition coefficient (Wildman–Crippen LogP) is -2.15. The average molecular weight is 429 g/mol. The highest BCUT2D eigenvalue weighted by atomic mass is 16.6. The van der Waals surface area contributed by atoms with Crippen LogP contribution in [0.1, 0.15) is 30.1 Å². The Hall–Kier alpha value is -2.82. The molecule has 2 saturated heterocycles. The highest BCUT2D eigenvalue weighted by Crippen LogP contribution is 2.33. The second-order valence-electron chi connectivity index (χ2n) is 8.20. The molecule has 0 radical (unpaired) electrons. The second-order valence-corrected chi connectivity index (χ2v) is 8.20. The number of nitrogens with zero attached hydrogens (tertiary/aromatic N) is 3. The van der Waals surface area contributed by atoms with Crippen molar-refractivity contribution in [1.29, 1.82) is 0 Å². The van der Waals surface area contributed by atoms with Gasteiger partial charge in [0.05, 0.1) is 32.5 Å². The molecule has 1 aromatic carbocycles. The van der Waals surface area contributed by atoms with Crippen LogP contribution in [0.2, 0.25) is 0 Å². The number of amides is 1. The van der Waals surface area contributed by atoms with Crippen molar-refractivity contribution in [1.82, 2.24) is 20.3 Å². The molecule has 2 aromatic rings. The van der Waals surface area contributed by atoms with Crippen molar-refractivity contribution in [2.45, 2.75) is 50.2 Å². The molecule has 2 aliphatic heterocycles. The van der Waals surface area contributed by atoms with Crippen molar-refractivity contribution in [3.8, 4) is 0 Å². The van der Waals surface area contributed by atoms with Gasteiger partial charge >= 0.3 is 0 Å². The van der Waals surface area contributed by atoms with E-state index in [4.69, 9.17) is 9.47 Å². The zero-order valence-corrected chi connectivity index (χ0v) is 17.4. The third-order valence-corrected chi connectivity index (χ3v) is 5.66. The summed E-state index contributed by atoms with van der Waals surface area (Å²) < 4.78 is 13.6. The maximum atomic E-state index is 11.9. The number of rotatable bonds is 9. The number of carboxylic acids is 1. The number of quaternary nitrogens is 1. The van der Waals surface area contributed by atoms with E-state index in [1.165, 1.54) is 10.5 Å². The van der Waals surface area contributed by atoms with Gasteiger partial charge < -0.3 is 29.6 Å². The lowest BCUT2D eigenvalue weighted by Crippen LogP contribution is -3.06. The monoisotopic (exact) mass is 429 g/mol. The Kier molecular flexibility index (Phi) is 6.59. The van der Waals surface area contributed by atoms with E-state index >= 15 is 0 Å². The van der Waals surface area contributed by atoms with Gasteiger partial charge in [0.2, 0.25) is 5.91 Å². The van der Waals surface area contributed by atoms with Crippen LogP contribution in [-0.4, -0.2) is 65.4 Å². The Labute approximate surface area is 180 Å². The van der Waals surface area contributed by atoms with E-state index in [-0.39, 0.29) is 43.0 Å². The summed E-state index contributed by atoms with van der Waals surface area (Å²) in [5.74, 6) is -1.59. The number of hydrogen-bond donors (Lipinski definition) is 2. The lowest BCUT2D eigenvalue weighted by molar-refractivity contribution is -0.908. The van der Waals surface area contributed by atoms with E-state index in [9.17, 15) is 14.7 Å². The number of fused-ring (bicyclic) bond motifs is 1. The fourth-order valence-electron chi connectivity index (χ4n) is 4.20. The normalized spacial score (nSPS) is 25.8. The fourth-order valence-corrected chi connectivity index (χ4v) is 4.20. The minimum Gasteiger partial charge on any atom is -0.550 e. The summed E-state index contributed by atoms with van der Waals surface area (Å²) in [6.45, 7) is 2.37. The summed E-state index contributed by atoms with van der Waals surface area (Å²) in [6.07, 6.45) is 0.969. The maximum absolute atomic E-state index is 11.9. The Morgan fingerprint density at radius 2 is 1.94 bits per heavy atom. The minimum absolute atomic E-state index is 0.120. The first-order valence-electron chi connectivity index (χ1n) is 10.5. The first-order valence-corrected chi connectivity index (χ1v) is 10.5. The number of nitrogens with one attached hydrogen (secondary N) is 2. The fraction of sp³-hybridized carbons (Fsp3) is 0.524. The minimum atomic E-state index is -1.24. The van der Waals surface area contributed by atoms with Crippen LogP contribution in [0.15, 0.2) is 36.5 Å². The Bertz CT molecular complexity index is 905. The van der Waals surface area contributed by atoms with Gasteiger partial charge in [-0.25, -0.2) is 4.68 Å². The molecular weight excluding hydrogens is 402 g/mol. The zero-order chi connectivity index (χ0) is 21.8. The van der Waals surface area contributed by atoms with Gasteiger partial charge in [0.1, 0.15) is 37.0 Å². The van der Waals surface area contributed by atoms with Crippen LogP contribution in [0.4, 0.5) is 0 Å². The van der Waals surface area contributed by atoms with Crippen molar-refractivity contribution in [2.75, 3.05) is 20.3 Å². The van der Waals surface area contributed by atoms with Crippen molar-refractivity contribution in [3.63, 3.8) is 0 Å². The Balaban J connectivity index is 1.31. The standard InChI is InChI=1S/C21H27N5O5/c1-25(9-14-5-3-2-4-6-14)10-15-11-26(24-23-15)17-13-31-20-16(12-30-21(17)20)22-18(27)7-8-19(28)29/h2-6,11,16-17,20-21H,7-10,12-13H2,1H3,(H,22,27)(H,28,29)/t16-,17-,20+,21+/m0/s1. The molecule has 0 aliphatic carbocycles. The van der Waals surface area contributed by atoms with Gasteiger partial charge in [-0.05, 0) is 6.42 Å². The molecular formula is C21H27N5O5. The van der Waals surface area contributed by atoms with Gasteiger partial charge in [-0.3, -0.25) is 4.79 Å². The molecule has 31 heavy (non-hydrogen) atoms. The number of hydrogen-bond acceptors (Lipinski definition) is 7. The number of ether oxygens (including phenoxy) is 2. The average Bonchev–Trinajstić information content (AvgIpc) is 3.45. The first kappa shape index (κ1) is 21.4. The molecule has 1 unspecified atom stereocenters. The lowest BCUT2D eigenvalue weighted by atomic mass is 10.1. The molecule has 2 aliphatic rings. The summed E-state index contributed by atoms with van der Waals surface area (Å²) in [5.41, 5.74) is 2.16. The molecule has 10 nitrogen and oxygen atoms in total. The first-order chi connectivity index (χ1) is 15.0. The highest BCUT2D eigenvalue weighted by molar-refractivity contribution is 5.80. The molecule has 10 heteroatoms. The van der Waals surface area contributed by atoms with Crippen LogP contribution >= 0.6 is 0 Å². The molecule has 4 rings (SSSR count). The second kappa shape index (κ2) is 9.54. The molecule has 0 spiro atoms. The number of aliphatic carboxylic acids is 1. The van der Waals surface area contributed by atoms with E-state index in [0.717, 1.165) is 18.8 Å². The number of carbonyl (C=O) groups excluding carboxylic acids is 2. The van der Waals surface area contributed by atoms with Gasteiger partial charge in [-0.1, -0.05) is 35.5 Å². The Morgan fingerprint density at radius 3 is 2.71 bits per heavy atom. The molecule has 0 bridgehead atoms. The van der Waals surface area contributed by atoms with E-state index in [1.807, 2.05) is 24.4 Å². The van der Waals surface area contributed by atoms with E-state index in [0.29, 0.717) is 13.2 Å². The van der Waals surface area contributed by atoms with Crippen LogP contribution < -0.4 is 15.3 Å². The van der Waals surface area contributed by atoms with Crippen LogP contribution in [0.25, 0.3) is 0 Å². The van der Waals surface area contributed by atoms with Crippen LogP contribution in [0.3, 0.4) is 0 Å². The molecule has 166 valence electrons. The molecule has 2 fully saturated rings. The molecule has 1 amide bonds. The molecule has 0 saturated carbocycles. The number of carboxylic acid groups (broad SMARTS) is 1. The summed E-state index contributed by atoms with van der Waals surface area (Å²) in [7, 11) is 2.12. The van der Waals surface area contributed by atoms with Gasteiger partial charge in [-0.2, -0.15) is 0 Å². The maximum Gasteiger partial charge on any atom is 0.220 e. The number of carbonyl (C=O) groups is 2. The number of benzene rings is 1. The third-order valence-electron chi connectivity index (χ3n) is 5.66. The van der Waals surface area contributed by atoms with Crippen molar-refractivity contribution in [2.24, 2.45) is 0 Å². The molecule has 1 aromatic heterocycles. The van der Waals surface area contributed by atoms with E-state index < -0.39 is 5.97 Å². The van der Waals surface area contributed by atoms with Gasteiger partial charge in [0.15, 0.2) is 0 Å². The van der Waals surface area contributed by atoms with Crippen LogP contribution in [0.5, 0.6) is 0 Å². The number of aromatic nitrogens is 3. The van der Waals surface area contributed by atoms with E-state index in [2.05, 4.69) is 34.8 Å². The van der Waals surface area contributed by atoms with Crippen molar-refractivity contribution >= 4 is 11.9 Å². The Morgan fingerprint density at radius 1 is 1.16 bits per heavy atom. The van der Waals surface area contributed by atoms with Gasteiger partial charge in [0.25, 0.3) is 0 Å². The summed E-state index contributed by atoms with van der Waals surface area (Å²) in [4.78, 5) is 23.8. The predicted molar refractivity (Wildman–Crippen MR) is 105 cm³/mol. The quantitative estimate of drug-likeness (QED) is 0.466. The summed E-state index contributed by atoms with van der Waals surface area (Å²) in [6, 6.07) is 9.88.